The summed E-state index contributed by atoms with van der Waals surface area (Å²) in [4.78, 5) is 12.9. The van der Waals surface area contributed by atoms with Gasteiger partial charge >= 0.3 is 0 Å². The zero-order valence-corrected chi connectivity index (χ0v) is 15.6. The number of methoxy groups -OCH3 is 2. The highest BCUT2D eigenvalue weighted by Crippen LogP contribution is 2.40. The summed E-state index contributed by atoms with van der Waals surface area (Å²) in [5.74, 6) is 2.83. The molecule has 1 N–H and O–H groups in total. The quantitative estimate of drug-likeness (QED) is 0.848. The number of hydrogen-bond acceptors (Lipinski definition) is 5. The monoisotopic (exact) mass is 369 g/mol. The predicted molar refractivity (Wildman–Crippen MR) is 100 cm³/mol. The number of rotatable bonds is 6. The summed E-state index contributed by atoms with van der Waals surface area (Å²) in [5, 5.41) is 3.03. The molecule has 2 aliphatic heterocycles. The molecule has 0 unspecified atom stereocenters. The van der Waals surface area contributed by atoms with Gasteiger partial charge in [-0.25, -0.2) is 0 Å². The molecule has 0 saturated carbocycles. The number of fused-ring (bicyclic) bond motifs is 2. The van der Waals surface area contributed by atoms with E-state index >= 15 is 0 Å². The van der Waals surface area contributed by atoms with Crippen LogP contribution in [0.2, 0.25) is 0 Å². The van der Waals surface area contributed by atoms with Crippen LogP contribution in [0.5, 0.6) is 23.0 Å². The number of nitrogens with one attached hydrogen (secondary N) is 1. The van der Waals surface area contributed by atoms with Crippen molar-refractivity contribution in [1.29, 1.82) is 0 Å². The van der Waals surface area contributed by atoms with Gasteiger partial charge in [0.2, 0.25) is 0 Å². The van der Waals surface area contributed by atoms with Crippen molar-refractivity contribution in [3.8, 4) is 23.0 Å². The van der Waals surface area contributed by atoms with E-state index in [0.29, 0.717) is 43.2 Å². The molecule has 0 fully saturated rings. The van der Waals surface area contributed by atoms with Gasteiger partial charge in [-0.2, -0.15) is 0 Å². The molecule has 0 spiro atoms. The van der Waals surface area contributed by atoms with Gasteiger partial charge in [0.15, 0.2) is 11.5 Å². The maximum atomic E-state index is 12.9. The smallest absolute Gasteiger partial charge is 0.255 e. The second-order valence-electron chi connectivity index (χ2n) is 6.61. The zero-order valence-electron chi connectivity index (χ0n) is 15.6. The number of amides is 1. The first-order chi connectivity index (χ1) is 13.2. The average Bonchev–Trinajstić information content (AvgIpc) is 3.34. The molecule has 1 amide bonds. The molecule has 0 aliphatic carbocycles. The fourth-order valence-corrected chi connectivity index (χ4v) is 3.67. The van der Waals surface area contributed by atoms with Crippen molar-refractivity contribution in [2.45, 2.75) is 19.3 Å². The Morgan fingerprint density at radius 1 is 1.07 bits per heavy atom. The van der Waals surface area contributed by atoms with E-state index in [0.717, 1.165) is 41.0 Å². The topological polar surface area (TPSA) is 66.0 Å². The minimum absolute atomic E-state index is 0.101. The average molecular weight is 369 g/mol. The molecule has 0 atom stereocenters. The largest absolute Gasteiger partial charge is 0.493 e. The Morgan fingerprint density at radius 2 is 1.89 bits per heavy atom. The van der Waals surface area contributed by atoms with E-state index in [1.165, 1.54) is 0 Å². The third kappa shape index (κ3) is 3.27. The van der Waals surface area contributed by atoms with Gasteiger partial charge in [0.25, 0.3) is 5.91 Å². The highest BCUT2D eigenvalue weighted by Gasteiger charge is 2.30. The molecule has 142 valence electrons. The Bertz CT molecular complexity index is 845. The first-order valence-electron chi connectivity index (χ1n) is 9.14. The standard InChI is InChI=1S/C21H23NO5/c1-24-16-4-3-13(11-18(16)25-2)5-8-22-21(23)19-15-7-10-26-17(15)12-14-6-9-27-20(14)19/h3-4,11-12H,5-10H2,1-2H3,(H,22,23). The van der Waals surface area contributed by atoms with Crippen LogP contribution in [0.4, 0.5) is 0 Å². The van der Waals surface area contributed by atoms with E-state index in [1.54, 1.807) is 14.2 Å². The molecule has 0 bridgehead atoms. The SMILES string of the molecule is COc1ccc(CCNC(=O)c2c3c(cc4c2OCC4)OCC3)cc1OC. The predicted octanol–water partition coefficient (Wildman–Crippen LogP) is 2.55. The molecule has 6 nitrogen and oxygen atoms in total. The molecule has 0 saturated heterocycles. The second-order valence-corrected chi connectivity index (χ2v) is 6.61. The summed E-state index contributed by atoms with van der Waals surface area (Å²) in [6.45, 7) is 1.75. The van der Waals surface area contributed by atoms with Crippen LogP contribution in [0.15, 0.2) is 24.3 Å². The van der Waals surface area contributed by atoms with Gasteiger partial charge in [0, 0.05) is 30.5 Å². The van der Waals surface area contributed by atoms with Crippen LogP contribution in [0, 0.1) is 0 Å². The minimum Gasteiger partial charge on any atom is -0.493 e. The van der Waals surface area contributed by atoms with Crippen LogP contribution in [0.25, 0.3) is 0 Å². The maximum absolute atomic E-state index is 12.9. The summed E-state index contributed by atoms with van der Waals surface area (Å²) < 4.78 is 22.0. The van der Waals surface area contributed by atoms with Gasteiger partial charge in [-0.3, -0.25) is 4.79 Å². The van der Waals surface area contributed by atoms with Crippen molar-refractivity contribution < 1.29 is 23.7 Å². The number of carbonyl (C=O) groups is 1. The Labute approximate surface area is 158 Å². The minimum atomic E-state index is -0.101. The van der Waals surface area contributed by atoms with E-state index in [9.17, 15) is 4.79 Å². The fourth-order valence-electron chi connectivity index (χ4n) is 3.67. The van der Waals surface area contributed by atoms with E-state index in [2.05, 4.69) is 5.32 Å². The van der Waals surface area contributed by atoms with Gasteiger partial charge in [-0.05, 0) is 30.2 Å². The van der Waals surface area contributed by atoms with Crippen molar-refractivity contribution in [1.82, 2.24) is 5.32 Å². The first-order valence-corrected chi connectivity index (χ1v) is 9.14. The van der Waals surface area contributed by atoms with E-state index in [1.807, 2.05) is 24.3 Å². The third-order valence-corrected chi connectivity index (χ3v) is 5.02. The van der Waals surface area contributed by atoms with Gasteiger partial charge in [0.1, 0.15) is 11.5 Å². The van der Waals surface area contributed by atoms with Crippen molar-refractivity contribution in [2.75, 3.05) is 34.0 Å². The lowest BCUT2D eigenvalue weighted by atomic mass is 9.99. The van der Waals surface area contributed by atoms with Crippen LogP contribution in [-0.2, 0) is 19.3 Å². The maximum Gasteiger partial charge on any atom is 0.255 e. The van der Waals surface area contributed by atoms with Crippen molar-refractivity contribution in [3.63, 3.8) is 0 Å². The molecule has 27 heavy (non-hydrogen) atoms. The molecule has 4 rings (SSSR count). The zero-order chi connectivity index (χ0) is 18.8. The summed E-state index contributed by atoms with van der Waals surface area (Å²) in [6, 6.07) is 7.80. The summed E-state index contributed by atoms with van der Waals surface area (Å²) in [6.07, 6.45) is 2.25. The molecule has 0 aromatic heterocycles. The van der Waals surface area contributed by atoms with Crippen LogP contribution in [0.1, 0.15) is 27.0 Å². The molecule has 2 aromatic rings. The molecule has 2 heterocycles. The van der Waals surface area contributed by atoms with E-state index in [-0.39, 0.29) is 5.91 Å². The van der Waals surface area contributed by atoms with Crippen LogP contribution >= 0.6 is 0 Å². The van der Waals surface area contributed by atoms with E-state index < -0.39 is 0 Å². The van der Waals surface area contributed by atoms with Gasteiger partial charge in [0.05, 0.1) is 33.0 Å². The lowest BCUT2D eigenvalue weighted by Crippen LogP contribution is -2.27. The highest BCUT2D eigenvalue weighted by atomic mass is 16.5. The molecule has 6 heteroatoms. The van der Waals surface area contributed by atoms with Crippen molar-refractivity contribution in [2.24, 2.45) is 0 Å². The third-order valence-electron chi connectivity index (χ3n) is 5.02. The van der Waals surface area contributed by atoms with Gasteiger partial charge in [-0.15, -0.1) is 0 Å². The van der Waals surface area contributed by atoms with Crippen LogP contribution in [0.3, 0.4) is 0 Å². The number of carbonyl (C=O) groups excluding carboxylic acids is 1. The number of hydrogen-bond donors (Lipinski definition) is 1. The molecule has 2 aliphatic rings. The lowest BCUT2D eigenvalue weighted by Gasteiger charge is -2.13. The molecule has 2 aromatic carbocycles. The number of benzene rings is 2. The molecule has 0 radical (unpaired) electrons. The molecular weight excluding hydrogens is 346 g/mol. The van der Waals surface area contributed by atoms with Gasteiger partial charge < -0.3 is 24.3 Å². The summed E-state index contributed by atoms with van der Waals surface area (Å²) in [5.41, 5.74) is 3.72. The fraction of sp³-hybridized carbons (Fsp3) is 0.381. The molecular formula is C21H23NO5. The second kappa shape index (κ2) is 7.39. The Hall–Kier alpha value is -2.89. The van der Waals surface area contributed by atoms with Crippen molar-refractivity contribution in [3.05, 3.63) is 46.5 Å². The van der Waals surface area contributed by atoms with Crippen LogP contribution < -0.4 is 24.3 Å². The highest BCUT2D eigenvalue weighted by molar-refractivity contribution is 6.00. The first kappa shape index (κ1) is 17.5. The summed E-state index contributed by atoms with van der Waals surface area (Å²) in [7, 11) is 3.22. The number of ether oxygens (including phenoxy) is 4. The Kier molecular flexibility index (Phi) is 4.79. The lowest BCUT2D eigenvalue weighted by molar-refractivity contribution is 0.0950. The van der Waals surface area contributed by atoms with Crippen molar-refractivity contribution >= 4 is 5.91 Å². The Balaban J connectivity index is 1.47. The van der Waals surface area contributed by atoms with E-state index in [4.69, 9.17) is 18.9 Å². The Morgan fingerprint density at radius 3 is 2.70 bits per heavy atom. The van der Waals surface area contributed by atoms with Gasteiger partial charge in [-0.1, -0.05) is 6.07 Å². The summed E-state index contributed by atoms with van der Waals surface area (Å²) >= 11 is 0. The van der Waals surface area contributed by atoms with Crippen LogP contribution in [-0.4, -0.2) is 39.9 Å². The normalized spacial score (nSPS) is 14.0.